The maximum absolute atomic E-state index is 6.01. The van der Waals surface area contributed by atoms with Crippen LogP contribution in [0, 0.1) is 0 Å². The molecule has 1 fully saturated rings. The Balaban J connectivity index is 1.57. The van der Waals surface area contributed by atoms with Crippen LogP contribution in [0.15, 0.2) is 41.8 Å². The van der Waals surface area contributed by atoms with E-state index in [0.717, 1.165) is 38.4 Å². The predicted molar refractivity (Wildman–Crippen MR) is 106 cm³/mol. The molecule has 3 N–H and O–H groups in total. The summed E-state index contributed by atoms with van der Waals surface area (Å²) in [6.07, 6.45) is 3.00. The van der Waals surface area contributed by atoms with Crippen molar-refractivity contribution < 1.29 is 9.57 Å². The van der Waals surface area contributed by atoms with Gasteiger partial charge in [-0.05, 0) is 12.5 Å². The molecule has 3 rings (SSSR count). The summed E-state index contributed by atoms with van der Waals surface area (Å²) >= 11 is 0. The van der Waals surface area contributed by atoms with E-state index in [2.05, 4.69) is 44.4 Å². The SMILES string of the molecule is C[C@H](Nc1ncnc(N)c1/C=N/OCCN1CCOCC1)c1ccccc1. The molecule has 1 saturated heterocycles. The fourth-order valence-corrected chi connectivity index (χ4v) is 2.82. The Kier molecular flexibility index (Phi) is 6.95. The fraction of sp³-hybridized carbons (Fsp3) is 0.421. The van der Waals surface area contributed by atoms with Crippen LogP contribution in [0.5, 0.6) is 0 Å². The molecule has 1 aliphatic rings. The van der Waals surface area contributed by atoms with Crippen molar-refractivity contribution in [2.75, 3.05) is 50.5 Å². The summed E-state index contributed by atoms with van der Waals surface area (Å²) in [6, 6.07) is 10.2. The fourth-order valence-electron chi connectivity index (χ4n) is 2.82. The van der Waals surface area contributed by atoms with Gasteiger partial charge in [0.25, 0.3) is 0 Å². The van der Waals surface area contributed by atoms with Crippen molar-refractivity contribution in [2.45, 2.75) is 13.0 Å². The van der Waals surface area contributed by atoms with Gasteiger partial charge in [-0.25, -0.2) is 9.97 Å². The maximum Gasteiger partial charge on any atom is 0.141 e. The molecule has 0 radical (unpaired) electrons. The zero-order valence-corrected chi connectivity index (χ0v) is 15.5. The van der Waals surface area contributed by atoms with Crippen molar-refractivity contribution in [1.82, 2.24) is 14.9 Å². The number of oxime groups is 1. The number of nitrogens with one attached hydrogen (secondary N) is 1. The van der Waals surface area contributed by atoms with E-state index < -0.39 is 0 Å². The van der Waals surface area contributed by atoms with Gasteiger partial charge >= 0.3 is 0 Å². The monoisotopic (exact) mass is 370 g/mol. The first-order valence-corrected chi connectivity index (χ1v) is 9.11. The number of morpholine rings is 1. The number of nitrogens with zero attached hydrogens (tertiary/aromatic N) is 4. The van der Waals surface area contributed by atoms with Crippen LogP contribution < -0.4 is 11.1 Å². The van der Waals surface area contributed by atoms with E-state index in [1.54, 1.807) is 6.21 Å². The number of hydrogen-bond acceptors (Lipinski definition) is 8. The number of hydrogen-bond donors (Lipinski definition) is 2. The molecule has 1 aromatic heterocycles. The number of nitrogen functional groups attached to an aromatic ring is 1. The molecule has 0 amide bonds. The van der Waals surface area contributed by atoms with Crippen LogP contribution in [0.1, 0.15) is 24.1 Å². The van der Waals surface area contributed by atoms with E-state index in [1.807, 2.05) is 18.2 Å². The molecule has 0 unspecified atom stereocenters. The molecular weight excluding hydrogens is 344 g/mol. The Morgan fingerprint density at radius 3 is 2.85 bits per heavy atom. The number of benzene rings is 1. The molecule has 144 valence electrons. The van der Waals surface area contributed by atoms with Gasteiger partial charge in [0.15, 0.2) is 0 Å². The summed E-state index contributed by atoms with van der Waals surface area (Å²) in [5, 5.41) is 7.40. The number of aromatic nitrogens is 2. The van der Waals surface area contributed by atoms with Crippen LogP contribution in [0.25, 0.3) is 0 Å². The molecule has 0 saturated carbocycles. The first kappa shape index (κ1) is 19.1. The van der Waals surface area contributed by atoms with Gasteiger partial charge in [0.05, 0.1) is 25.0 Å². The lowest BCUT2D eigenvalue weighted by molar-refractivity contribution is 0.0214. The van der Waals surface area contributed by atoms with Crippen molar-refractivity contribution in [1.29, 1.82) is 0 Å². The number of nitrogens with two attached hydrogens (primary N) is 1. The van der Waals surface area contributed by atoms with Gasteiger partial charge in [0.1, 0.15) is 24.6 Å². The minimum atomic E-state index is 0.0647. The Bertz CT molecular complexity index is 734. The second kappa shape index (κ2) is 9.84. The third-order valence-corrected chi connectivity index (χ3v) is 4.43. The summed E-state index contributed by atoms with van der Waals surface area (Å²) in [6.45, 7) is 6.79. The highest BCUT2D eigenvalue weighted by Gasteiger charge is 2.12. The average Bonchev–Trinajstić information content (AvgIpc) is 2.71. The lowest BCUT2D eigenvalue weighted by Crippen LogP contribution is -2.38. The molecule has 8 heteroatoms. The second-order valence-corrected chi connectivity index (χ2v) is 6.32. The van der Waals surface area contributed by atoms with E-state index in [-0.39, 0.29) is 6.04 Å². The topological polar surface area (TPSA) is 97.9 Å². The molecule has 1 atom stereocenters. The number of ether oxygens (including phenoxy) is 1. The van der Waals surface area contributed by atoms with Gasteiger partial charge in [-0.3, -0.25) is 4.90 Å². The second-order valence-electron chi connectivity index (χ2n) is 6.32. The molecule has 0 bridgehead atoms. The predicted octanol–water partition coefficient (Wildman–Crippen LogP) is 1.91. The smallest absolute Gasteiger partial charge is 0.141 e. The van der Waals surface area contributed by atoms with E-state index in [4.69, 9.17) is 15.3 Å². The Labute approximate surface area is 159 Å². The van der Waals surface area contributed by atoms with Crippen molar-refractivity contribution >= 4 is 17.9 Å². The standard InChI is InChI=1S/C19H26N6O2/c1-15(16-5-3-2-4-6-16)24-19-17(18(20)21-14-22-19)13-23-27-12-9-25-7-10-26-11-8-25/h2-6,13-15H,7-12H2,1H3,(H3,20,21,22,24)/b23-13+/t15-/m0/s1. The van der Waals surface area contributed by atoms with Crippen LogP contribution in [0.3, 0.4) is 0 Å². The minimum Gasteiger partial charge on any atom is -0.394 e. The van der Waals surface area contributed by atoms with Crippen LogP contribution in [-0.2, 0) is 9.57 Å². The van der Waals surface area contributed by atoms with E-state index >= 15 is 0 Å². The van der Waals surface area contributed by atoms with Crippen molar-refractivity contribution in [3.63, 3.8) is 0 Å². The Hall–Kier alpha value is -2.71. The first-order valence-electron chi connectivity index (χ1n) is 9.11. The maximum atomic E-state index is 6.01. The zero-order valence-electron chi connectivity index (χ0n) is 15.5. The zero-order chi connectivity index (χ0) is 18.9. The molecule has 8 nitrogen and oxygen atoms in total. The Morgan fingerprint density at radius 2 is 2.07 bits per heavy atom. The van der Waals surface area contributed by atoms with E-state index in [9.17, 15) is 0 Å². The third kappa shape index (κ3) is 5.63. The highest BCUT2D eigenvalue weighted by atomic mass is 16.6. The van der Waals surface area contributed by atoms with Crippen molar-refractivity contribution in [2.24, 2.45) is 5.16 Å². The third-order valence-electron chi connectivity index (χ3n) is 4.43. The van der Waals surface area contributed by atoms with E-state index in [1.165, 1.54) is 6.33 Å². The summed E-state index contributed by atoms with van der Waals surface area (Å²) in [4.78, 5) is 16.0. The summed E-state index contributed by atoms with van der Waals surface area (Å²) in [5.41, 5.74) is 7.78. The number of rotatable bonds is 8. The first-order chi connectivity index (χ1) is 13.2. The van der Waals surface area contributed by atoms with Crippen LogP contribution in [-0.4, -0.2) is 60.5 Å². The highest BCUT2D eigenvalue weighted by molar-refractivity contribution is 5.91. The van der Waals surface area contributed by atoms with Crippen molar-refractivity contribution in [3.8, 4) is 0 Å². The van der Waals surface area contributed by atoms with Gasteiger partial charge in [-0.1, -0.05) is 35.5 Å². The molecule has 0 spiro atoms. The Morgan fingerprint density at radius 1 is 1.30 bits per heavy atom. The molecular formula is C19H26N6O2. The van der Waals surface area contributed by atoms with Crippen LogP contribution in [0.4, 0.5) is 11.6 Å². The molecule has 27 heavy (non-hydrogen) atoms. The average molecular weight is 370 g/mol. The summed E-state index contributed by atoms with van der Waals surface area (Å²) < 4.78 is 5.33. The molecule has 1 aromatic carbocycles. The minimum absolute atomic E-state index is 0.0647. The molecule has 2 aromatic rings. The van der Waals surface area contributed by atoms with Gasteiger partial charge < -0.3 is 20.6 Å². The van der Waals surface area contributed by atoms with Gasteiger partial charge in [-0.2, -0.15) is 0 Å². The van der Waals surface area contributed by atoms with Crippen LogP contribution >= 0.6 is 0 Å². The lowest BCUT2D eigenvalue weighted by Gasteiger charge is -2.25. The molecule has 1 aliphatic heterocycles. The normalized spacial score (nSPS) is 16.3. The number of anilines is 2. The summed E-state index contributed by atoms with van der Waals surface area (Å²) in [7, 11) is 0. The van der Waals surface area contributed by atoms with Crippen molar-refractivity contribution in [3.05, 3.63) is 47.8 Å². The van der Waals surface area contributed by atoms with Gasteiger partial charge in [0.2, 0.25) is 0 Å². The quantitative estimate of drug-likeness (QED) is 0.416. The van der Waals surface area contributed by atoms with Gasteiger partial charge in [0, 0.05) is 25.7 Å². The van der Waals surface area contributed by atoms with E-state index in [0.29, 0.717) is 23.8 Å². The largest absolute Gasteiger partial charge is 0.394 e. The molecule has 0 aliphatic carbocycles. The molecule has 2 heterocycles. The van der Waals surface area contributed by atoms with Gasteiger partial charge in [-0.15, -0.1) is 0 Å². The highest BCUT2D eigenvalue weighted by Crippen LogP contribution is 2.21. The lowest BCUT2D eigenvalue weighted by atomic mass is 10.1. The van der Waals surface area contributed by atoms with Crippen LogP contribution in [0.2, 0.25) is 0 Å². The summed E-state index contributed by atoms with van der Waals surface area (Å²) in [5.74, 6) is 0.979.